The standard InChI is InChI=1S/C10H6Cl3N3/c11-6-1-2-8(7(12)3-6)16-10-4-9(13)14-5-15-10/h1-5H,(H,14,15,16). The van der Waals surface area contributed by atoms with Crippen LogP contribution in [0.3, 0.4) is 0 Å². The van der Waals surface area contributed by atoms with Crippen molar-refractivity contribution in [1.82, 2.24) is 9.97 Å². The lowest BCUT2D eigenvalue weighted by atomic mass is 10.3. The number of halogens is 3. The largest absolute Gasteiger partial charge is 0.339 e. The Kier molecular flexibility index (Phi) is 3.49. The van der Waals surface area contributed by atoms with Crippen molar-refractivity contribution in [3.63, 3.8) is 0 Å². The summed E-state index contributed by atoms with van der Waals surface area (Å²) in [6.07, 6.45) is 1.37. The number of hydrogen-bond acceptors (Lipinski definition) is 3. The molecule has 0 radical (unpaired) electrons. The molecule has 0 unspecified atom stereocenters. The van der Waals surface area contributed by atoms with E-state index in [0.717, 1.165) is 0 Å². The van der Waals surface area contributed by atoms with E-state index in [1.807, 2.05) is 0 Å². The third kappa shape index (κ3) is 2.76. The summed E-state index contributed by atoms with van der Waals surface area (Å²) in [7, 11) is 0. The van der Waals surface area contributed by atoms with Crippen molar-refractivity contribution < 1.29 is 0 Å². The van der Waals surface area contributed by atoms with E-state index < -0.39 is 0 Å². The predicted molar refractivity (Wildman–Crippen MR) is 66.8 cm³/mol. The van der Waals surface area contributed by atoms with Crippen LogP contribution in [-0.2, 0) is 0 Å². The van der Waals surface area contributed by atoms with Gasteiger partial charge in [-0.1, -0.05) is 34.8 Å². The molecule has 16 heavy (non-hydrogen) atoms. The van der Waals surface area contributed by atoms with Crippen LogP contribution in [0.5, 0.6) is 0 Å². The summed E-state index contributed by atoms with van der Waals surface area (Å²) in [5.74, 6) is 0.573. The Labute approximate surface area is 107 Å². The zero-order valence-corrected chi connectivity index (χ0v) is 10.2. The third-order valence-corrected chi connectivity index (χ3v) is 2.58. The van der Waals surface area contributed by atoms with Crippen molar-refractivity contribution in [2.24, 2.45) is 0 Å². The molecule has 1 N–H and O–H groups in total. The van der Waals surface area contributed by atoms with Gasteiger partial charge in [0.15, 0.2) is 0 Å². The normalized spacial score (nSPS) is 10.2. The topological polar surface area (TPSA) is 37.8 Å². The minimum Gasteiger partial charge on any atom is -0.339 e. The second-order valence-electron chi connectivity index (χ2n) is 2.98. The Hall–Kier alpha value is -1.03. The molecule has 2 aromatic rings. The van der Waals surface area contributed by atoms with Crippen molar-refractivity contribution >= 4 is 46.3 Å². The number of benzene rings is 1. The minimum atomic E-state index is 0.364. The van der Waals surface area contributed by atoms with E-state index in [1.54, 1.807) is 24.3 Å². The van der Waals surface area contributed by atoms with Gasteiger partial charge < -0.3 is 5.32 Å². The van der Waals surface area contributed by atoms with Gasteiger partial charge in [0.2, 0.25) is 0 Å². The molecule has 0 aliphatic rings. The molecular weight excluding hydrogens is 268 g/mol. The van der Waals surface area contributed by atoms with Crippen LogP contribution < -0.4 is 5.32 Å². The van der Waals surface area contributed by atoms with Crippen molar-refractivity contribution in [2.45, 2.75) is 0 Å². The summed E-state index contributed by atoms with van der Waals surface area (Å²) in [5, 5.41) is 4.47. The fraction of sp³-hybridized carbons (Fsp3) is 0. The molecule has 2 rings (SSSR count). The van der Waals surface area contributed by atoms with Gasteiger partial charge in [-0.2, -0.15) is 0 Å². The maximum Gasteiger partial charge on any atom is 0.135 e. The first-order valence-corrected chi connectivity index (χ1v) is 5.48. The van der Waals surface area contributed by atoms with Crippen LogP contribution in [0.15, 0.2) is 30.6 Å². The molecule has 3 nitrogen and oxygen atoms in total. The maximum absolute atomic E-state index is 6.00. The summed E-state index contributed by atoms with van der Waals surface area (Å²) in [5.41, 5.74) is 0.709. The highest BCUT2D eigenvalue weighted by Gasteiger charge is 2.02. The van der Waals surface area contributed by atoms with Gasteiger partial charge in [-0.15, -0.1) is 0 Å². The molecule has 6 heteroatoms. The van der Waals surface area contributed by atoms with Crippen molar-refractivity contribution in [1.29, 1.82) is 0 Å². The molecule has 1 heterocycles. The summed E-state index contributed by atoms with van der Waals surface area (Å²) in [4.78, 5) is 7.78. The van der Waals surface area contributed by atoms with Crippen LogP contribution in [0.25, 0.3) is 0 Å². The first kappa shape index (κ1) is 11.5. The number of anilines is 2. The average Bonchev–Trinajstić information content (AvgIpc) is 2.22. The third-order valence-electron chi connectivity index (χ3n) is 1.83. The SMILES string of the molecule is Clc1ccc(Nc2cc(Cl)ncn2)c(Cl)c1. The Bertz CT molecular complexity index is 516. The lowest BCUT2D eigenvalue weighted by Crippen LogP contribution is -1.94. The Morgan fingerprint density at radius 1 is 1.00 bits per heavy atom. The highest BCUT2D eigenvalue weighted by molar-refractivity contribution is 6.36. The number of nitrogens with zero attached hydrogens (tertiary/aromatic N) is 2. The highest BCUT2D eigenvalue weighted by Crippen LogP contribution is 2.27. The van der Waals surface area contributed by atoms with Gasteiger partial charge in [0.1, 0.15) is 17.3 Å². The summed E-state index contributed by atoms with van der Waals surface area (Å²) in [6, 6.07) is 6.75. The quantitative estimate of drug-likeness (QED) is 0.835. The minimum absolute atomic E-state index is 0.364. The molecule has 0 spiro atoms. The van der Waals surface area contributed by atoms with Crippen LogP contribution >= 0.6 is 34.8 Å². The van der Waals surface area contributed by atoms with Crippen LogP contribution in [0.4, 0.5) is 11.5 Å². The molecular formula is C10H6Cl3N3. The van der Waals surface area contributed by atoms with Crippen LogP contribution in [-0.4, -0.2) is 9.97 Å². The molecule has 1 aromatic carbocycles. The first-order chi connectivity index (χ1) is 7.65. The van der Waals surface area contributed by atoms with E-state index in [1.165, 1.54) is 6.33 Å². The van der Waals surface area contributed by atoms with Gasteiger partial charge in [0, 0.05) is 11.1 Å². The van der Waals surface area contributed by atoms with Crippen LogP contribution in [0, 0.1) is 0 Å². The Morgan fingerprint density at radius 2 is 1.81 bits per heavy atom. The van der Waals surface area contributed by atoms with E-state index in [0.29, 0.717) is 26.7 Å². The number of rotatable bonds is 2. The number of hydrogen-bond donors (Lipinski definition) is 1. The highest BCUT2D eigenvalue weighted by atomic mass is 35.5. The van der Waals surface area contributed by atoms with Gasteiger partial charge in [0.05, 0.1) is 10.7 Å². The predicted octanol–water partition coefficient (Wildman–Crippen LogP) is 4.18. The monoisotopic (exact) mass is 273 g/mol. The maximum atomic E-state index is 6.00. The van der Waals surface area contributed by atoms with Crippen molar-refractivity contribution in [3.8, 4) is 0 Å². The smallest absolute Gasteiger partial charge is 0.135 e. The van der Waals surface area contributed by atoms with Crippen molar-refractivity contribution in [3.05, 3.63) is 45.8 Å². The van der Waals surface area contributed by atoms with E-state index in [-0.39, 0.29) is 0 Å². The second kappa shape index (κ2) is 4.87. The second-order valence-corrected chi connectivity index (χ2v) is 4.21. The number of aromatic nitrogens is 2. The molecule has 0 fully saturated rings. The Balaban J connectivity index is 2.27. The van der Waals surface area contributed by atoms with Gasteiger partial charge in [-0.3, -0.25) is 0 Å². The molecule has 0 atom stereocenters. The summed E-state index contributed by atoms with van der Waals surface area (Å²) >= 11 is 17.5. The van der Waals surface area contributed by atoms with Gasteiger partial charge in [-0.25, -0.2) is 9.97 Å². The molecule has 82 valence electrons. The summed E-state index contributed by atoms with van der Waals surface area (Å²) in [6.45, 7) is 0. The van der Waals surface area contributed by atoms with Gasteiger partial charge >= 0.3 is 0 Å². The van der Waals surface area contributed by atoms with Crippen LogP contribution in [0.1, 0.15) is 0 Å². The molecule has 0 saturated carbocycles. The van der Waals surface area contributed by atoms with Gasteiger partial charge in [-0.05, 0) is 18.2 Å². The molecule has 0 aliphatic carbocycles. The number of nitrogens with one attached hydrogen (secondary N) is 1. The molecule has 0 saturated heterocycles. The van der Waals surface area contributed by atoms with Gasteiger partial charge in [0.25, 0.3) is 0 Å². The lowest BCUT2D eigenvalue weighted by Gasteiger charge is -2.07. The van der Waals surface area contributed by atoms with E-state index in [9.17, 15) is 0 Å². The lowest BCUT2D eigenvalue weighted by molar-refractivity contribution is 1.17. The van der Waals surface area contributed by atoms with Crippen molar-refractivity contribution in [2.75, 3.05) is 5.32 Å². The fourth-order valence-corrected chi connectivity index (χ4v) is 1.73. The van der Waals surface area contributed by atoms with E-state index in [4.69, 9.17) is 34.8 Å². The zero-order valence-electron chi connectivity index (χ0n) is 7.92. The molecule has 1 aromatic heterocycles. The first-order valence-electron chi connectivity index (χ1n) is 4.35. The molecule has 0 bridgehead atoms. The zero-order chi connectivity index (χ0) is 11.5. The molecule has 0 amide bonds. The summed E-state index contributed by atoms with van der Waals surface area (Å²) < 4.78 is 0. The fourth-order valence-electron chi connectivity index (χ4n) is 1.13. The Morgan fingerprint density at radius 3 is 2.50 bits per heavy atom. The molecule has 0 aliphatic heterocycles. The van der Waals surface area contributed by atoms with E-state index >= 15 is 0 Å². The van der Waals surface area contributed by atoms with E-state index in [2.05, 4.69) is 15.3 Å². The average molecular weight is 275 g/mol. The van der Waals surface area contributed by atoms with Crippen LogP contribution in [0.2, 0.25) is 15.2 Å².